The number of hydrogen-bond acceptors (Lipinski definition) is 3. The Bertz CT molecular complexity index is 390. The molecular formula is C16H31N3O. The molecular weight excluding hydrogens is 250 g/mol. The second kappa shape index (κ2) is 7.67. The van der Waals surface area contributed by atoms with Gasteiger partial charge < -0.3 is 14.6 Å². The standard InChI is InChI=1S/C16H31N3O/c1-11(2)15(12(3)4)8-17-16-18-13(5)9-19(16)14(6)10-20-7/h9,11-12,14-15H,8,10H2,1-7H3,(H,17,18). The number of aryl methyl sites for hydroxylation is 1. The predicted molar refractivity (Wildman–Crippen MR) is 85.2 cm³/mol. The normalized spacial score (nSPS) is 13.5. The van der Waals surface area contributed by atoms with Crippen LogP contribution in [0.1, 0.15) is 46.4 Å². The third-order valence-electron chi connectivity index (χ3n) is 3.94. The fraction of sp³-hybridized carbons (Fsp3) is 0.812. The molecule has 1 atom stereocenters. The van der Waals surface area contributed by atoms with Crippen molar-refractivity contribution in [1.82, 2.24) is 9.55 Å². The van der Waals surface area contributed by atoms with Crippen LogP contribution in [0.25, 0.3) is 0 Å². The molecule has 0 radical (unpaired) electrons. The van der Waals surface area contributed by atoms with E-state index in [0.717, 1.165) is 18.2 Å². The van der Waals surface area contributed by atoms with Gasteiger partial charge in [0.15, 0.2) is 0 Å². The van der Waals surface area contributed by atoms with E-state index in [2.05, 4.69) is 55.7 Å². The van der Waals surface area contributed by atoms with E-state index in [4.69, 9.17) is 4.74 Å². The van der Waals surface area contributed by atoms with Crippen molar-refractivity contribution < 1.29 is 4.74 Å². The Balaban J connectivity index is 2.76. The Morgan fingerprint density at radius 3 is 2.30 bits per heavy atom. The summed E-state index contributed by atoms with van der Waals surface area (Å²) in [7, 11) is 1.74. The molecule has 4 nitrogen and oxygen atoms in total. The number of imidazole rings is 1. The molecule has 0 spiro atoms. The molecule has 0 amide bonds. The molecule has 0 saturated heterocycles. The minimum absolute atomic E-state index is 0.292. The van der Waals surface area contributed by atoms with Gasteiger partial charge in [-0.05, 0) is 31.6 Å². The molecule has 0 aliphatic carbocycles. The van der Waals surface area contributed by atoms with E-state index >= 15 is 0 Å². The monoisotopic (exact) mass is 281 g/mol. The predicted octanol–water partition coefficient (Wildman–Crippen LogP) is 3.74. The van der Waals surface area contributed by atoms with Crippen molar-refractivity contribution in [2.45, 2.75) is 47.6 Å². The fourth-order valence-corrected chi connectivity index (χ4v) is 2.75. The minimum Gasteiger partial charge on any atom is -0.383 e. The average molecular weight is 281 g/mol. The van der Waals surface area contributed by atoms with Gasteiger partial charge in [0.1, 0.15) is 0 Å². The first kappa shape index (κ1) is 17.0. The maximum Gasteiger partial charge on any atom is 0.203 e. The zero-order valence-corrected chi connectivity index (χ0v) is 14.1. The van der Waals surface area contributed by atoms with Gasteiger partial charge in [0.25, 0.3) is 0 Å². The van der Waals surface area contributed by atoms with Gasteiger partial charge >= 0.3 is 0 Å². The number of hydrogen-bond donors (Lipinski definition) is 1. The molecule has 116 valence electrons. The molecule has 0 aromatic carbocycles. The molecule has 0 bridgehead atoms. The highest BCUT2D eigenvalue weighted by Gasteiger charge is 2.19. The largest absolute Gasteiger partial charge is 0.383 e. The van der Waals surface area contributed by atoms with E-state index in [1.54, 1.807) is 7.11 Å². The molecule has 20 heavy (non-hydrogen) atoms. The highest BCUT2D eigenvalue weighted by Crippen LogP contribution is 2.22. The smallest absolute Gasteiger partial charge is 0.203 e. The summed E-state index contributed by atoms with van der Waals surface area (Å²) in [4.78, 5) is 4.60. The van der Waals surface area contributed by atoms with Crippen LogP contribution in [0.15, 0.2) is 6.20 Å². The molecule has 1 aromatic heterocycles. The van der Waals surface area contributed by atoms with Crippen LogP contribution in [0, 0.1) is 24.7 Å². The lowest BCUT2D eigenvalue weighted by Gasteiger charge is -2.26. The third-order valence-corrected chi connectivity index (χ3v) is 3.94. The summed E-state index contributed by atoms with van der Waals surface area (Å²) in [6, 6.07) is 0.292. The van der Waals surface area contributed by atoms with Crippen LogP contribution in [-0.4, -0.2) is 29.8 Å². The number of aromatic nitrogens is 2. The van der Waals surface area contributed by atoms with E-state index in [9.17, 15) is 0 Å². The van der Waals surface area contributed by atoms with Gasteiger partial charge in [-0.25, -0.2) is 4.98 Å². The van der Waals surface area contributed by atoms with Crippen molar-refractivity contribution in [3.8, 4) is 0 Å². The number of methoxy groups -OCH3 is 1. The molecule has 1 unspecified atom stereocenters. The number of ether oxygens (including phenoxy) is 1. The van der Waals surface area contributed by atoms with Crippen LogP contribution < -0.4 is 5.32 Å². The summed E-state index contributed by atoms with van der Waals surface area (Å²) in [5.41, 5.74) is 1.04. The Hall–Kier alpha value is -1.03. The van der Waals surface area contributed by atoms with Crippen molar-refractivity contribution in [3.05, 3.63) is 11.9 Å². The fourth-order valence-electron chi connectivity index (χ4n) is 2.75. The molecule has 1 heterocycles. The first-order chi connectivity index (χ1) is 9.36. The topological polar surface area (TPSA) is 39.1 Å². The van der Waals surface area contributed by atoms with Crippen molar-refractivity contribution in [3.63, 3.8) is 0 Å². The first-order valence-corrected chi connectivity index (χ1v) is 7.65. The van der Waals surface area contributed by atoms with Gasteiger partial charge in [0.2, 0.25) is 5.95 Å². The average Bonchev–Trinajstić information content (AvgIpc) is 2.70. The van der Waals surface area contributed by atoms with Crippen LogP contribution >= 0.6 is 0 Å². The summed E-state index contributed by atoms with van der Waals surface area (Å²) < 4.78 is 7.43. The Kier molecular flexibility index (Phi) is 6.53. The highest BCUT2D eigenvalue weighted by molar-refractivity contribution is 5.29. The van der Waals surface area contributed by atoms with Crippen LogP contribution in [0.5, 0.6) is 0 Å². The van der Waals surface area contributed by atoms with Crippen LogP contribution in [0.2, 0.25) is 0 Å². The lowest BCUT2D eigenvalue weighted by atomic mass is 9.85. The first-order valence-electron chi connectivity index (χ1n) is 7.65. The highest BCUT2D eigenvalue weighted by atomic mass is 16.5. The van der Waals surface area contributed by atoms with Gasteiger partial charge in [-0.15, -0.1) is 0 Å². The zero-order chi connectivity index (χ0) is 15.3. The van der Waals surface area contributed by atoms with E-state index in [1.807, 2.05) is 6.92 Å². The minimum atomic E-state index is 0.292. The number of nitrogens with one attached hydrogen (secondary N) is 1. The van der Waals surface area contributed by atoms with Gasteiger partial charge in [-0.3, -0.25) is 0 Å². The third kappa shape index (κ3) is 4.51. The molecule has 0 fully saturated rings. The molecule has 0 saturated carbocycles. The lowest BCUT2D eigenvalue weighted by Crippen LogP contribution is -2.26. The summed E-state index contributed by atoms with van der Waals surface area (Å²) in [6.45, 7) is 15.0. The molecule has 1 aromatic rings. The number of nitrogens with zero attached hydrogens (tertiary/aromatic N) is 2. The van der Waals surface area contributed by atoms with Gasteiger partial charge in [-0.2, -0.15) is 0 Å². The van der Waals surface area contributed by atoms with E-state index in [1.165, 1.54) is 0 Å². The quantitative estimate of drug-likeness (QED) is 0.789. The van der Waals surface area contributed by atoms with Gasteiger partial charge in [-0.1, -0.05) is 27.7 Å². The van der Waals surface area contributed by atoms with Crippen LogP contribution in [-0.2, 0) is 4.74 Å². The zero-order valence-electron chi connectivity index (χ0n) is 14.1. The lowest BCUT2D eigenvalue weighted by molar-refractivity contribution is 0.163. The van der Waals surface area contributed by atoms with Crippen molar-refractivity contribution in [1.29, 1.82) is 0 Å². The second-order valence-corrected chi connectivity index (χ2v) is 6.45. The SMILES string of the molecule is COCC(C)n1cc(C)nc1NCC(C(C)C)C(C)C. The van der Waals surface area contributed by atoms with E-state index in [-0.39, 0.29) is 0 Å². The Morgan fingerprint density at radius 2 is 1.80 bits per heavy atom. The summed E-state index contributed by atoms with van der Waals surface area (Å²) >= 11 is 0. The molecule has 0 aliphatic rings. The van der Waals surface area contributed by atoms with Gasteiger partial charge in [0.05, 0.1) is 18.3 Å². The van der Waals surface area contributed by atoms with E-state index in [0.29, 0.717) is 30.4 Å². The van der Waals surface area contributed by atoms with Crippen molar-refractivity contribution in [2.75, 3.05) is 25.6 Å². The summed E-state index contributed by atoms with van der Waals surface area (Å²) in [6.07, 6.45) is 2.09. The van der Waals surface area contributed by atoms with Gasteiger partial charge in [0, 0.05) is 19.9 Å². The molecule has 1 N–H and O–H groups in total. The van der Waals surface area contributed by atoms with Crippen molar-refractivity contribution in [2.24, 2.45) is 17.8 Å². The van der Waals surface area contributed by atoms with Crippen LogP contribution in [0.4, 0.5) is 5.95 Å². The maximum absolute atomic E-state index is 5.25. The Labute approximate surface area is 123 Å². The maximum atomic E-state index is 5.25. The summed E-state index contributed by atoms with van der Waals surface area (Å²) in [5, 5.41) is 3.53. The second-order valence-electron chi connectivity index (χ2n) is 6.45. The number of anilines is 1. The summed E-state index contributed by atoms with van der Waals surface area (Å²) in [5.74, 6) is 2.95. The molecule has 4 heteroatoms. The number of rotatable bonds is 8. The molecule has 0 aliphatic heterocycles. The van der Waals surface area contributed by atoms with Crippen LogP contribution in [0.3, 0.4) is 0 Å². The van der Waals surface area contributed by atoms with E-state index < -0.39 is 0 Å². The Morgan fingerprint density at radius 1 is 1.20 bits per heavy atom. The molecule has 1 rings (SSSR count). The van der Waals surface area contributed by atoms with Crippen molar-refractivity contribution >= 4 is 5.95 Å².